The van der Waals surface area contributed by atoms with Gasteiger partial charge >= 0.3 is 5.97 Å². The van der Waals surface area contributed by atoms with Crippen molar-refractivity contribution in [3.8, 4) is 5.75 Å². The zero-order chi connectivity index (χ0) is 19.8. The van der Waals surface area contributed by atoms with Crippen LogP contribution in [0.5, 0.6) is 5.75 Å². The van der Waals surface area contributed by atoms with Crippen molar-refractivity contribution in [2.24, 2.45) is 5.92 Å². The Morgan fingerprint density at radius 3 is 2.52 bits per heavy atom. The molecule has 144 valence electrons. The molecule has 7 heteroatoms. The number of rotatable bonds is 8. The number of esters is 1. The molecule has 2 rings (SSSR count). The summed E-state index contributed by atoms with van der Waals surface area (Å²) in [4.78, 5) is 24.3. The second-order valence-electron chi connectivity index (χ2n) is 6.01. The van der Waals surface area contributed by atoms with Crippen LogP contribution in [0.25, 0.3) is 0 Å². The van der Waals surface area contributed by atoms with Gasteiger partial charge in [-0.1, -0.05) is 29.8 Å². The van der Waals surface area contributed by atoms with Gasteiger partial charge in [0.05, 0.1) is 13.0 Å². The number of nitrogens with one attached hydrogen (secondary N) is 1. The van der Waals surface area contributed by atoms with E-state index in [2.05, 4.69) is 5.32 Å². The smallest absolute Gasteiger partial charge is 0.310 e. The first-order valence-electron chi connectivity index (χ1n) is 8.41. The van der Waals surface area contributed by atoms with Crippen LogP contribution in [0.15, 0.2) is 48.5 Å². The van der Waals surface area contributed by atoms with E-state index in [1.54, 1.807) is 43.3 Å². The van der Waals surface area contributed by atoms with Crippen molar-refractivity contribution in [3.63, 3.8) is 0 Å². The highest BCUT2D eigenvalue weighted by molar-refractivity contribution is 6.30. The SMILES string of the molecule is COC(=O)C(CNC(=O)C(C)Oc1cccc(Cl)c1)Cc1ccc(F)cc1. The Labute approximate surface area is 162 Å². The first-order chi connectivity index (χ1) is 12.9. The molecule has 2 unspecified atom stereocenters. The van der Waals surface area contributed by atoms with E-state index in [4.69, 9.17) is 21.1 Å². The molecule has 2 aromatic rings. The summed E-state index contributed by atoms with van der Waals surface area (Å²) in [7, 11) is 1.28. The van der Waals surface area contributed by atoms with Gasteiger partial charge in [-0.15, -0.1) is 0 Å². The van der Waals surface area contributed by atoms with E-state index in [0.717, 1.165) is 5.56 Å². The van der Waals surface area contributed by atoms with Gasteiger partial charge in [-0.2, -0.15) is 0 Å². The average Bonchev–Trinajstić information content (AvgIpc) is 2.65. The van der Waals surface area contributed by atoms with Crippen molar-refractivity contribution in [2.45, 2.75) is 19.4 Å². The molecule has 2 atom stereocenters. The Kier molecular flexibility index (Phi) is 7.61. The number of hydrogen-bond donors (Lipinski definition) is 1. The number of ether oxygens (including phenoxy) is 2. The lowest BCUT2D eigenvalue weighted by Gasteiger charge is -2.18. The predicted octanol–water partition coefficient (Wildman–Crippen LogP) is 3.39. The van der Waals surface area contributed by atoms with Crippen molar-refractivity contribution in [2.75, 3.05) is 13.7 Å². The fraction of sp³-hybridized carbons (Fsp3) is 0.300. The lowest BCUT2D eigenvalue weighted by atomic mass is 9.99. The summed E-state index contributed by atoms with van der Waals surface area (Å²) in [5, 5.41) is 3.20. The van der Waals surface area contributed by atoms with Crippen molar-refractivity contribution in [1.82, 2.24) is 5.32 Å². The van der Waals surface area contributed by atoms with Crippen LogP contribution in [-0.4, -0.2) is 31.6 Å². The number of halogens is 2. The Morgan fingerprint density at radius 1 is 1.19 bits per heavy atom. The number of carbonyl (C=O) groups is 2. The Balaban J connectivity index is 1.93. The first-order valence-corrected chi connectivity index (χ1v) is 8.79. The van der Waals surface area contributed by atoms with Gasteiger partial charge in [-0.25, -0.2) is 4.39 Å². The summed E-state index contributed by atoms with van der Waals surface area (Å²) in [5.74, 6) is -1.30. The largest absolute Gasteiger partial charge is 0.481 e. The molecular formula is C20H21ClFNO4. The minimum absolute atomic E-state index is 0.0755. The third-order valence-corrected chi connectivity index (χ3v) is 4.17. The zero-order valence-corrected chi connectivity index (χ0v) is 15.8. The fourth-order valence-corrected chi connectivity index (χ4v) is 2.66. The Morgan fingerprint density at radius 2 is 1.89 bits per heavy atom. The van der Waals surface area contributed by atoms with Crippen LogP contribution in [0.2, 0.25) is 5.02 Å². The van der Waals surface area contributed by atoms with Crippen LogP contribution in [-0.2, 0) is 20.7 Å². The van der Waals surface area contributed by atoms with Crippen LogP contribution < -0.4 is 10.1 Å². The second kappa shape index (κ2) is 9.92. The molecule has 1 amide bonds. The van der Waals surface area contributed by atoms with Crippen LogP contribution in [0, 0.1) is 11.7 Å². The maximum Gasteiger partial charge on any atom is 0.310 e. The summed E-state index contributed by atoms with van der Waals surface area (Å²) in [5.41, 5.74) is 0.768. The summed E-state index contributed by atoms with van der Waals surface area (Å²) < 4.78 is 23.4. The maximum atomic E-state index is 13.0. The Bertz CT molecular complexity index is 782. The number of methoxy groups -OCH3 is 1. The Hall–Kier alpha value is -2.60. The van der Waals surface area contributed by atoms with E-state index >= 15 is 0 Å². The standard InChI is InChI=1S/C20H21ClFNO4/c1-13(27-18-5-3-4-16(21)11-18)19(24)23-12-15(20(25)26-2)10-14-6-8-17(22)9-7-14/h3-9,11,13,15H,10,12H2,1-2H3,(H,23,24). The number of carbonyl (C=O) groups excluding carboxylic acids is 2. The minimum Gasteiger partial charge on any atom is -0.481 e. The van der Waals surface area contributed by atoms with Crippen molar-refractivity contribution < 1.29 is 23.5 Å². The van der Waals surface area contributed by atoms with Gasteiger partial charge < -0.3 is 14.8 Å². The third-order valence-electron chi connectivity index (χ3n) is 3.93. The second-order valence-corrected chi connectivity index (χ2v) is 6.45. The number of hydrogen-bond acceptors (Lipinski definition) is 4. The summed E-state index contributed by atoms with van der Waals surface area (Å²) in [6, 6.07) is 12.6. The van der Waals surface area contributed by atoms with Gasteiger partial charge in [0.25, 0.3) is 5.91 Å². The highest BCUT2D eigenvalue weighted by atomic mass is 35.5. The molecule has 0 aromatic heterocycles. The minimum atomic E-state index is -0.771. The molecule has 0 aliphatic carbocycles. The molecule has 0 saturated heterocycles. The molecule has 0 aliphatic heterocycles. The fourth-order valence-electron chi connectivity index (χ4n) is 2.48. The normalized spacial score (nSPS) is 12.7. The van der Waals surface area contributed by atoms with Gasteiger partial charge in [0.1, 0.15) is 11.6 Å². The van der Waals surface area contributed by atoms with E-state index in [1.165, 1.54) is 19.2 Å². The van der Waals surface area contributed by atoms with Crippen LogP contribution in [0.3, 0.4) is 0 Å². The summed E-state index contributed by atoms with van der Waals surface area (Å²) in [6.07, 6.45) is -0.455. The molecule has 0 saturated carbocycles. The van der Waals surface area contributed by atoms with Crippen LogP contribution in [0.1, 0.15) is 12.5 Å². The van der Waals surface area contributed by atoms with Crippen molar-refractivity contribution in [3.05, 3.63) is 64.9 Å². The quantitative estimate of drug-likeness (QED) is 0.698. The van der Waals surface area contributed by atoms with Gasteiger partial charge in [0.2, 0.25) is 0 Å². The molecule has 0 aliphatic rings. The monoisotopic (exact) mass is 393 g/mol. The number of benzene rings is 2. The third kappa shape index (κ3) is 6.57. The summed E-state index contributed by atoms with van der Waals surface area (Å²) in [6.45, 7) is 1.68. The van der Waals surface area contributed by atoms with Crippen LogP contribution >= 0.6 is 11.6 Å². The molecule has 2 aromatic carbocycles. The average molecular weight is 394 g/mol. The van der Waals surface area contributed by atoms with Gasteiger partial charge in [0, 0.05) is 11.6 Å². The van der Waals surface area contributed by atoms with Crippen molar-refractivity contribution >= 4 is 23.5 Å². The van der Waals surface area contributed by atoms with Gasteiger partial charge in [-0.3, -0.25) is 9.59 Å². The van der Waals surface area contributed by atoms with Gasteiger partial charge in [-0.05, 0) is 49.2 Å². The van der Waals surface area contributed by atoms with Crippen molar-refractivity contribution in [1.29, 1.82) is 0 Å². The zero-order valence-electron chi connectivity index (χ0n) is 15.1. The predicted molar refractivity (Wildman–Crippen MR) is 100 cm³/mol. The highest BCUT2D eigenvalue weighted by Gasteiger charge is 2.23. The van der Waals surface area contributed by atoms with E-state index in [-0.39, 0.29) is 18.3 Å². The van der Waals surface area contributed by atoms with E-state index < -0.39 is 18.0 Å². The molecule has 0 radical (unpaired) electrons. The molecule has 5 nitrogen and oxygen atoms in total. The highest BCUT2D eigenvalue weighted by Crippen LogP contribution is 2.18. The summed E-state index contributed by atoms with van der Waals surface area (Å²) >= 11 is 5.89. The molecule has 0 bridgehead atoms. The molecule has 0 heterocycles. The lowest BCUT2D eigenvalue weighted by Crippen LogP contribution is -2.41. The topological polar surface area (TPSA) is 64.6 Å². The van der Waals surface area contributed by atoms with Gasteiger partial charge in [0.15, 0.2) is 6.10 Å². The molecular weight excluding hydrogens is 373 g/mol. The number of amides is 1. The lowest BCUT2D eigenvalue weighted by molar-refractivity contribution is -0.145. The molecule has 0 spiro atoms. The maximum absolute atomic E-state index is 13.0. The molecule has 0 fully saturated rings. The van der Waals surface area contributed by atoms with E-state index in [0.29, 0.717) is 17.2 Å². The molecule has 27 heavy (non-hydrogen) atoms. The van der Waals surface area contributed by atoms with E-state index in [1.807, 2.05) is 0 Å². The first kappa shape index (κ1) is 20.7. The van der Waals surface area contributed by atoms with Crippen LogP contribution in [0.4, 0.5) is 4.39 Å². The molecule has 1 N–H and O–H groups in total. The van der Waals surface area contributed by atoms with E-state index in [9.17, 15) is 14.0 Å².